The number of carbonyl (C=O) groups is 2. The van der Waals surface area contributed by atoms with E-state index in [1.165, 1.54) is 11.1 Å². The van der Waals surface area contributed by atoms with Crippen LogP contribution in [-0.4, -0.2) is 41.4 Å². The summed E-state index contributed by atoms with van der Waals surface area (Å²) in [5.41, 5.74) is 4.11. The summed E-state index contributed by atoms with van der Waals surface area (Å²) in [6.07, 6.45) is 4.49. The first-order valence-electron chi connectivity index (χ1n) is 11.2. The lowest BCUT2D eigenvalue weighted by Crippen LogP contribution is -2.43. The number of aromatic nitrogens is 1. The zero-order valence-corrected chi connectivity index (χ0v) is 18.7. The molecule has 0 fully saturated rings. The van der Waals surface area contributed by atoms with Crippen molar-refractivity contribution in [2.45, 2.75) is 25.9 Å². The molecule has 2 N–H and O–H groups in total. The molecular formula is C26H28N4O3. The van der Waals surface area contributed by atoms with Gasteiger partial charge in [-0.25, -0.2) is 0 Å². The Morgan fingerprint density at radius 1 is 1.03 bits per heavy atom. The Balaban J connectivity index is 1.44. The molecule has 7 nitrogen and oxygen atoms in total. The Bertz CT molecular complexity index is 1100. The van der Waals surface area contributed by atoms with E-state index in [0.717, 1.165) is 25.1 Å². The van der Waals surface area contributed by atoms with Gasteiger partial charge in [0.2, 0.25) is 0 Å². The van der Waals surface area contributed by atoms with Gasteiger partial charge in [-0.15, -0.1) is 0 Å². The quantitative estimate of drug-likeness (QED) is 0.546. The largest absolute Gasteiger partial charge is 0.492 e. The second kappa shape index (κ2) is 10.7. The number of amides is 2. The van der Waals surface area contributed by atoms with Gasteiger partial charge >= 0.3 is 11.8 Å². The summed E-state index contributed by atoms with van der Waals surface area (Å²) in [6.45, 7) is 4.26. The van der Waals surface area contributed by atoms with E-state index in [-0.39, 0.29) is 6.04 Å². The fraction of sp³-hybridized carbons (Fsp3) is 0.269. The Kier molecular flexibility index (Phi) is 7.32. The van der Waals surface area contributed by atoms with E-state index >= 15 is 0 Å². The van der Waals surface area contributed by atoms with Crippen molar-refractivity contribution < 1.29 is 14.3 Å². The normalized spacial score (nSPS) is 14.1. The minimum absolute atomic E-state index is 0.0977. The zero-order valence-electron chi connectivity index (χ0n) is 18.7. The predicted molar refractivity (Wildman–Crippen MR) is 127 cm³/mol. The van der Waals surface area contributed by atoms with Crippen LogP contribution < -0.4 is 15.4 Å². The maximum Gasteiger partial charge on any atom is 0.313 e. The van der Waals surface area contributed by atoms with Crippen molar-refractivity contribution in [1.29, 1.82) is 0 Å². The van der Waals surface area contributed by atoms with Crippen LogP contribution >= 0.6 is 0 Å². The van der Waals surface area contributed by atoms with Gasteiger partial charge in [-0.3, -0.25) is 19.5 Å². The smallest absolute Gasteiger partial charge is 0.313 e. The van der Waals surface area contributed by atoms with Crippen molar-refractivity contribution in [3.63, 3.8) is 0 Å². The number of hydrogen-bond donors (Lipinski definition) is 2. The summed E-state index contributed by atoms with van der Waals surface area (Å²) in [4.78, 5) is 31.8. The molecule has 4 rings (SSSR count). The number of carbonyl (C=O) groups excluding carboxylic acids is 2. The summed E-state index contributed by atoms with van der Waals surface area (Å²) in [5, 5.41) is 5.46. The topological polar surface area (TPSA) is 83.6 Å². The van der Waals surface area contributed by atoms with Gasteiger partial charge < -0.3 is 15.4 Å². The van der Waals surface area contributed by atoms with Gasteiger partial charge in [-0.2, -0.15) is 0 Å². The zero-order chi connectivity index (χ0) is 23.0. The van der Waals surface area contributed by atoms with Crippen LogP contribution in [0.5, 0.6) is 5.75 Å². The van der Waals surface area contributed by atoms with Gasteiger partial charge in [-0.1, -0.05) is 42.5 Å². The minimum atomic E-state index is -0.726. The van der Waals surface area contributed by atoms with Gasteiger partial charge in [0, 0.05) is 32.0 Å². The molecule has 0 saturated carbocycles. The number of ether oxygens (including phenoxy) is 1. The summed E-state index contributed by atoms with van der Waals surface area (Å²) in [5.74, 6) is -0.884. The highest BCUT2D eigenvalue weighted by Crippen LogP contribution is 2.27. The second-order valence-corrected chi connectivity index (χ2v) is 7.88. The van der Waals surface area contributed by atoms with Crippen molar-refractivity contribution in [3.05, 3.63) is 89.7 Å². The van der Waals surface area contributed by atoms with Crippen LogP contribution in [0.25, 0.3) is 0 Å². The highest BCUT2D eigenvalue weighted by atomic mass is 16.5. The monoisotopic (exact) mass is 444 g/mol. The van der Waals surface area contributed by atoms with Crippen LogP contribution in [0.4, 0.5) is 5.69 Å². The van der Waals surface area contributed by atoms with Gasteiger partial charge in [0.25, 0.3) is 0 Å². The fourth-order valence-electron chi connectivity index (χ4n) is 4.11. The molecule has 0 saturated heterocycles. The summed E-state index contributed by atoms with van der Waals surface area (Å²) < 4.78 is 5.52. The molecule has 0 unspecified atom stereocenters. The SMILES string of the molecule is CCOc1ccccc1NC(=O)C(=O)NC[C@H](c1cccnc1)N1CCc2ccccc2C1. The third-order valence-corrected chi connectivity index (χ3v) is 5.77. The Morgan fingerprint density at radius 2 is 1.82 bits per heavy atom. The summed E-state index contributed by atoms with van der Waals surface area (Å²) in [6, 6.07) is 19.3. The molecule has 1 aromatic heterocycles. The molecule has 2 aromatic carbocycles. The van der Waals surface area contributed by atoms with E-state index in [1.807, 2.05) is 37.4 Å². The average Bonchev–Trinajstić information content (AvgIpc) is 2.86. The van der Waals surface area contributed by atoms with Crippen LogP contribution in [0.3, 0.4) is 0 Å². The van der Waals surface area contributed by atoms with Gasteiger partial charge in [-0.05, 0) is 48.2 Å². The Morgan fingerprint density at radius 3 is 2.61 bits per heavy atom. The molecule has 0 bridgehead atoms. The van der Waals surface area contributed by atoms with E-state index in [9.17, 15) is 9.59 Å². The van der Waals surface area contributed by atoms with Crippen LogP contribution in [0.1, 0.15) is 29.7 Å². The molecule has 0 radical (unpaired) electrons. The lowest BCUT2D eigenvalue weighted by molar-refractivity contribution is -0.136. The molecule has 2 amide bonds. The standard InChI is InChI=1S/C26H28N4O3/c1-2-33-24-12-6-5-11-22(24)29-26(32)25(31)28-17-23(20-10-7-14-27-16-20)30-15-13-19-8-3-4-9-21(19)18-30/h3-12,14,16,23H,2,13,15,17-18H2,1H3,(H,28,31)(H,29,32)/t23-/m1/s1. The van der Waals surface area contributed by atoms with Crippen molar-refractivity contribution in [2.24, 2.45) is 0 Å². The lowest BCUT2D eigenvalue weighted by Gasteiger charge is -2.35. The predicted octanol–water partition coefficient (Wildman–Crippen LogP) is 3.33. The van der Waals surface area contributed by atoms with Gasteiger partial charge in [0.1, 0.15) is 5.75 Å². The second-order valence-electron chi connectivity index (χ2n) is 7.88. The minimum Gasteiger partial charge on any atom is -0.492 e. The molecule has 1 aliphatic rings. The summed E-state index contributed by atoms with van der Waals surface area (Å²) >= 11 is 0. The molecule has 1 aliphatic heterocycles. The van der Waals surface area contributed by atoms with Crippen LogP contribution in [0, 0.1) is 0 Å². The first-order chi connectivity index (χ1) is 16.2. The van der Waals surface area contributed by atoms with Crippen molar-refractivity contribution in [1.82, 2.24) is 15.2 Å². The number of benzene rings is 2. The number of anilines is 1. The highest BCUT2D eigenvalue weighted by molar-refractivity contribution is 6.39. The first kappa shape index (κ1) is 22.5. The molecule has 170 valence electrons. The van der Waals surface area contributed by atoms with E-state index in [0.29, 0.717) is 24.6 Å². The van der Waals surface area contributed by atoms with E-state index in [1.54, 1.807) is 24.4 Å². The summed E-state index contributed by atoms with van der Waals surface area (Å²) in [7, 11) is 0. The number of pyridine rings is 1. The van der Waals surface area contributed by atoms with Crippen molar-refractivity contribution in [3.8, 4) is 5.75 Å². The highest BCUT2D eigenvalue weighted by Gasteiger charge is 2.26. The maximum atomic E-state index is 12.6. The molecule has 3 aromatic rings. The van der Waals surface area contributed by atoms with E-state index < -0.39 is 11.8 Å². The molecule has 2 heterocycles. The number of para-hydroxylation sites is 2. The van der Waals surface area contributed by atoms with Gasteiger partial charge in [0.15, 0.2) is 0 Å². The maximum absolute atomic E-state index is 12.6. The Hall–Kier alpha value is -3.71. The lowest BCUT2D eigenvalue weighted by atomic mass is 9.97. The molecule has 33 heavy (non-hydrogen) atoms. The molecule has 7 heteroatoms. The fourth-order valence-corrected chi connectivity index (χ4v) is 4.11. The molecule has 0 spiro atoms. The van der Waals surface area contributed by atoms with Crippen molar-refractivity contribution >= 4 is 17.5 Å². The van der Waals surface area contributed by atoms with Crippen LogP contribution in [0.2, 0.25) is 0 Å². The van der Waals surface area contributed by atoms with Crippen LogP contribution in [0.15, 0.2) is 73.1 Å². The number of nitrogens with one attached hydrogen (secondary N) is 2. The van der Waals surface area contributed by atoms with E-state index in [4.69, 9.17) is 4.74 Å². The molecule has 0 aliphatic carbocycles. The molecular weight excluding hydrogens is 416 g/mol. The third-order valence-electron chi connectivity index (χ3n) is 5.77. The van der Waals surface area contributed by atoms with Crippen LogP contribution in [-0.2, 0) is 22.6 Å². The third kappa shape index (κ3) is 5.56. The van der Waals surface area contributed by atoms with Gasteiger partial charge in [0.05, 0.1) is 18.3 Å². The molecule has 1 atom stereocenters. The Labute approximate surface area is 193 Å². The van der Waals surface area contributed by atoms with Crippen molar-refractivity contribution in [2.75, 3.05) is 25.0 Å². The number of rotatable bonds is 7. The van der Waals surface area contributed by atoms with E-state index in [2.05, 4.69) is 38.7 Å². The first-order valence-corrected chi connectivity index (χ1v) is 11.2. The number of nitrogens with zero attached hydrogens (tertiary/aromatic N) is 2. The average molecular weight is 445 g/mol. The number of hydrogen-bond acceptors (Lipinski definition) is 5. The number of fused-ring (bicyclic) bond motifs is 1.